The molecule has 19 heavy (non-hydrogen) atoms. The zero-order valence-corrected chi connectivity index (χ0v) is 13.2. The number of hydrogen-bond acceptors (Lipinski definition) is 3. The first-order valence-electron chi connectivity index (χ1n) is 6.73. The third-order valence-corrected chi connectivity index (χ3v) is 4.58. The lowest BCUT2D eigenvalue weighted by atomic mass is 10.0. The summed E-state index contributed by atoms with van der Waals surface area (Å²) >= 11 is 0. The SMILES string of the molecule is CCNC(CS(=O)CCOC)c1ccc(C)c(C)c1. The van der Waals surface area contributed by atoms with Crippen LogP contribution >= 0.6 is 0 Å². The lowest BCUT2D eigenvalue weighted by molar-refractivity contribution is 0.218. The lowest BCUT2D eigenvalue weighted by Gasteiger charge is -2.19. The zero-order chi connectivity index (χ0) is 14.3. The Kier molecular flexibility index (Phi) is 7.28. The third-order valence-electron chi connectivity index (χ3n) is 3.25. The standard InChI is InChI=1S/C15H25NO2S/c1-5-16-15(11-19(17)9-8-18-4)14-7-6-12(2)13(3)10-14/h6-7,10,15-16H,5,8-9,11H2,1-4H3. The van der Waals surface area contributed by atoms with Gasteiger partial charge in [0.1, 0.15) is 0 Å². The maximum Gasteiger partial charge on any atom is 0.0577 e. The highest BCUT2D eigenvalue weighted by molar-refractivity contribution is 7.85. The predicted molar refractivity (Wildman–Crippen MR) is 82.1 cm³/mol. The van der Waals surface area contributed by atoms with Crippen molar-refractivity contribution in [2.45, 2.75) is 26.8 Å². The van der Waals surface area contributed by atoms with Crippen molar-refractivity contribution in [2.75, 3.05) is 31.8 Å². The Hall–Kier alpha value is -0.710. The first-order valence-corrected chi connectivity index (χ1v) is 8.21. The summed E-state index contributed by atoms with van der Waals surface area (Å²) in [6, 6.07) is 6.61. The van der Waals surface area contributed by atoms with Gasteiger partial charge in [-0.15, -0.1) is 0 Å². The first-order chi connectivity index (χ1) is 9.08. The van der Waals surface area contributed by atoms with Crippen molar-refractivity contribution in [1.29, 1.82) is 0 Å². The van der Waals surface area contributed by atoms with Crippen LogP contribution in [0.1, 0.15) is 29.7 Å². The van der Waals surface area contributed by atoms with E-state index in [1.807, 2.05) is 0 Å². The fourth-order valence-electron chi connectivity index (χ4n) is 1.95. The molecule has 2 unspecified atom stereocenters. The number of methoxy groups -OCH3 is 1. The summed E-state index contributed by atoms with van der Waals surface area (Å²) in [4.78, 5) is 0. The zero-order valence-electron chi connectivity index (χ0n) is 12.4. The Labute approximate surface area is 119 Å². The van der Waals surface area contributed by atoms with Crippen LogP contribution in [0.25, 0.3) is 0 Å². The molecular weight excluding hydrogens is 258 g/mol. The number of nitrogens with one attached hydrogen (secondary N) is 1. The van der Waals surface area contributed by atoms with Gasteiger partial charge < -0.3 is 10.1 Å². The number of benzene rings is 1. The molecule has 0 amide bonds. The van der Waals surface area contributed by atoms with Crippen molar-refractivity contribution >= 4 is 10.8 Å². The topological polar surface area (TPSA) is 38.3 Å². The second kappa shape index (κ2) is 8.46. The predicted octanol–water partition coefficient (Wildman–Crippen LogP) is 2.35. The minimum atomic E-state index is -0.851. The molecule has 0 spiro atoms. The van der Waals surface area contributed by atoms with Gasteiger partial charge in [0, 0.05) is 35.5 Å². The average Bonchev–Trinajstić information content (AvgIpc) is 2.39. The highest BCUT2D eigenvalue weighted by atomic mass is 32.2. The number of ether oxygens (including phenoxy) is 1. The van der Waals surface area contributed by atoms with E-state index in [0.717, 1.165) is 6.54 Å². The highest BCUT2D eigenvalue weighted by Crippen LogP contribution is 2.18. The largest absolute Gasteiger partial charge is 0.384 e. The molecule has 1 aromatic rings. The molecule has 1 N–H and O–H groups in total. The van der Waals surface area contributed by atoms with Crippen LogP contribution in [-0.2, 0) is 15.5 Å². The molecule has 0 aliphatic rings. The Balaban J connectivity index is 2.75. The van der Waals surface area contributed by atoms with E-state index in [-0.39, 0.29) is 6.04 Å². The Bertz CT molecular complexity index is 421. The third kappa shape index (κ3) is 5.43. The van der Waals surface area contributed by atoms with E-state index in [4.69, 9.17) is 4.74 Å². The van der Waals surface area contributed by atoms with Crippen LogP contribution in [-0.4, -0.2) is 36.0 Å². The van der Waals surface area contributed by atoms with Gasteiger partial charge in [-0.3, -0.25) is 4.21 Å². The summed E-state index contributed by atoms with van der Waals surface area (Å²) in [6.07, 6.45) is 0. The maximum absolute atomic E-state index is 12.0. The summed E-state index contributed by atoms with van der Waals surface area (Å²) in [6.45, 7) is 7.73. The Morgan fingerprint density at radius 2 is 2.05 bits per heavy atom. The van der Waals surface area contributed by atoms with Crippen molar-refractivity contribution in [1.82, 2.24) is 5.32 Å². The minimum Gasteiger partial charge on any atom is -0.384 e. The van der Waals surface area contributed by atoms with Crippen LogP contribution in [0.15, 0.2) is 18.2 Å². The van der Waals surface area contributed by atoms with Gasteiger partial charge in [-0.2, -0.15) is 0 Å². The molecule has 0 saturated carbocycles. The smallest absolute Gasteiger partial charge is 0.0577 e. The van der Waals surface area contributed by atoms with Gasteiger partial charge in [0.15, 0.2) is 0 Å². The summed E-state index contributed by atoms with van der Waals surface area (Å²) in [7, 11) is 0.790. The molecule has 4 heteroatoms. The van der Waals surface area contributed by atoms with Gasteiger partial charge in [0.05, 0.1) is 6.61 Å². The van der Waals surface area contributed by atoms with Crippen LogP contribution in [0.5, 0.6) is 0 Å². The van der Waals surface area contributed by atoms with Crippen LogP contribution in [0.2, 0.25) is 0 Å². The van der Waals surface area contributed by atoms with Crippen molar-refractivity contribution in [3.05, 3.63) is 34.9 Å². The van der Waals surface area contributed by atoms with Crippen LogP contribution in [0.4, 0.5) is 0 Å². The molecule has 3 nitrogen and oxygen atoms in total. The minimum absolute atomic E-state index is 0.155. The Morgan fingerprint density at radius 3 is 2.63 bits per heavy atom. The van der Waals surface area contributed by atoms with Crippen molar-refractivity contribution < 1.29 is 8.95 Å². The summed E-state index contributed by atoms with van der Waals surface area (Å²) in [5, 5.41) is 3.42. The molecule has 1 rings (SSSR count). The van der Waals surface area contributed by atoms with Gasteiger partial charge in [0.2, 0.25) is 0 Å². The van der Waals surface area contributed by atoms with Crippen molar-refractivity contribution in [2.24, 2.45) is 0 Å². The molecule has 1 aromatic carbocycles. The van der Waals surface area contributed by atoms with E-state index in [2.05, 4.69) is 44.3 Å². The fraction of sp³-hybridized carbons (Fsp3) is 0.600. The first kappa shape index (κ1) is 16.3. The lowest BCUT2D eigenvalue weighted by Crippen LogP contribution is -2.27. The molecule has 0 aromatic heterocycles. The van der Waals surface area contributed by atoms with Crippen molar-refractivity contribution in [3.8, 4) is 0 Å². The van der Waals surface area contributed by atoms with Crippen LogP contribution in [0.3, 0.4) is 0 Å². The quantitative estimate of drug-likeness (QED) is 0.796. The number of rotatable bonds is 8. The van der Waals surface area contributed by atoms with Crippen LogP contribution in [0, 0.1) is 13.8 Å². The van der Waals surface area contributed by atoms with E-state index >= 15 is 0 Å². The maximum atomic E-state index is 12.0. The molecule has 0 radical (unpaired) electrons. The van der Waals surface area contributed by atoms with E-state index in [1.165, 1.54) is 16.7 Å². The van der Waals surface area contributed by atoms with Gasteiger partial charge in [-0.05, 0) is 37.1 Å². The molecular formula is C15H25NO2S. The second-order valence-corrected chi connectivity index (χ2v) is 6.38. The highest BCUT2D eigenvalue weighted by Gasteiger charge is 2.14. The van der Waals surface area contributed by atoms with Gasteiger partial charge in [0.25, 0.3) is 0 Å². The monoisotopic (exact) mass is 283 g/mol. The van der Waals surface area contributed by atoms with Gasteiger partial charge in [-0.25, -0.2) is 0 Å². The van der Waals surface area contributed by atoms with Gasteiger partial charge >= 0.3 is 0 Å². The summed E-state index contributed by atoms with van der Waals surface area (Å²) in [5.74, 6) is 1.24. The second-order valence-electron chi connectivity index (χ2n) is 4.76. The summed E-state index contributed by atoms with van der Waals surface area (Å²) < 4.78 is 17.0. The van der Waals surface area contributed by atoms with Crippen LogP contribution < -0.4 is 5.32 Å². The molecule has 0 fully saturated rings. The molecule has 0 bridgehead atoms. The average molecular weight is 283 g/mol. The fourth-order valence-corrected chi connectivity index (χ4v) is 3.15. The molecule has 0 aliphatic heterocycles. The van der Waals surface area contributed by atoms with Crippen molar-refractivity contribution in [3.63, 3.8) is 0 Å². The van der Waals surface area contributed by atoms with E-state index < -0.39 is 10.8 Å². The molecule has 0 heterocycles. The van der Waals surface area contributed by atoms with E-state index in [9.17, 15) is 4.21 Å². The molecule has 108 valence electrons. The Morgan fingerprint density at radius 1 is 1.32 bits per heavy atom. The molecule has 0 saturated heterocycles. The summed E-state index contributed by atoms with van der Waals surface area (Å²) in [5.41, 5.74) is 3.79. The van der Waals surface area contributed by atoms with E-state index in [1.54, 1.807) is 7.11 Å². The number of aryl methyl sites for hydroxylation is 2. The molecule has 0 aliphatic carbocycles. The van der Waals surface area contributed by atoms with E-state index in [0.29, 0.717) is 18.1 Å². The molecule has 2 atom stereocenters. The normalized spacial score (nSPS) is 14.3. The van der Waals surface area contributed by atoms with Gasteiger partial charge in [-0.1, -0.05) is 25.1 Å². The number of hydrogen-bond donors (Lipinski definition) is 1.